The lowest BCUT2D eigenvalue weighted by Gasteiger charge is -2.25. The molecule has 2 rings (SSSR count). The maximum absolute atomic E-state index is 5.13. The van der Waals surface area contributed by atoms with E-state index in [1.807, 2.05) is 11.6 Å². The lowest BCUT2D eigenvalue weighted by Crippen LogP contribution is -2.18. The second kappa shape index (κ2) is 3.19. The van der Waals surface area contributed by atoms with E-state index in [1.165, 1.54) is 19.3 Å². The molecule has 1 unspecified atom stereocenters. The Labute approximate surface area is 89.5 Å². The zero-order valence-electron chi connectivity index (χ0n) is 9.00. The van der Waals surface area contributed by atoms with E-state index in [4.69, 9.17) is 12.2 Å². The number of H-pyrrole nitrogens is 1. The lowest BCUT2D eigenvalue weighted by atomic mass is 9.81. The Morgan fingerprint density at radius 1 is 1.57 bits per heavy atom. The van der Waals surface area contributed by atoms with Crippen molar-refractivity contribution in [1.82, 2.24) is 14.8 Å². The summed E-state index contributed by atoms with van der Waals surface area (Å²) in [6, 6.07) is 0. The van der Waals surface area contributed by atoms with Gasteiger partial charge in [0.2, 0.25) is 0 Å². The Kier molecular flexibility index (Phi) is 2.26. The van der Waals surface area contributed by atoms with Crippen molar-refractivity contribution in [1.29, 1.82) is 0 Å². The van der Waals surface area contributed by atoms with Crippen LogP contribution in [0.25, 0.3) is 0 Å². The van der Waals surface area contributed by atoms with Crippen LogP contribution in [0.5, 0.6) is 0 Å². The van der Waals surface area contributed by atoms with Crippen molar-refractivity contribution in [3.05, 3.63) is 10.6 Å². The van der Waals surface area contributed by atoms with Crippen molar-refractivity contribution >= 4 is 12.2 Å². The van der Waals surface area contributed by atoms with Crippen molar-refractivity contribution < 1.29 is 0 Å². The number of aromatic nitrogens is 3. The standard InChI is InChI=1S/C10H17N3S/c1-10(2)6-4-5-7(10)8-11-12-9(14)13(8)3/h7H,4-6H2,1-3H3,(H,12,14). The van der Waals surface area contributed by atoms with Gasteiger partial charge < -0.3 is 4.57 Å². The van der Waals surface area contributed by atoms with Crippen LogP contribution in [-0.4, -0.2) is 14.8 Å². The molecule has 0 bridgehead atoms. The maximum atomic E-state index is 5.13. The predicted molar refractivity (Wildman–Crippen MR) is 58.8 cm³/mol. The summed E-state index contributed by atoms with van der Waals surface area (Å²) in [7, 11) is 2.00. The molecule has 1 N–H and O–H groups in total. The van der Waals surface area contributed by atoms with Gasteiger partial charge in [0.25, 0.3) is 0 Å². The van der Waals surface area contributed by atoms with E-state index in [1.54, 1.807) is 0 Å². The fraction of sp³-hybridized carbons (Fsp3) is 0.800. The van der Waals surface area contributed by atoms with Crippen LogP contribution < -0.4 is 0 Å². The van der Waals surface area contributed by atoms with Gasteiger partial charge in [-0.3, -0.25) is 5.10 Å². The van der Waals surface area contributed by atoms with Crippen LogP contribution in [0.3, 0.4) is 0 Å². The van der Waals surface area contributed by atoms with Gasteiger partial charge in [-0.05, 0) is 30.5 Å². The highest BCUT2D eigenvalue weighted by Gasteiger charge is 2.37. The fourth-order valence-electron chi connectivity index (χ4n) is 2.48. The molecule has 0 aromatic carbocycles. The lowest BCUT2D eigenvalue weighted by molar-refractivity contribution is 0.317. The summed E-state index contributed by atoms with van der Waals surface area (Å²) in [6.07, 6.45) is 3.83. The van der Waals surface area contributed by atoms with Gasteiger partial charge in [-0.15, -0.1) is 0 Å². The Morgan fingerprint density at radius 2 is 2.29 bits per heavy atom. The first-order chi connectivity index (χ1) is 6.52. The zero-order valence-corrected chi connectivity index (χ0v) is 9.82. The van der Waals surface area contributed by atoms with E-state index in [9.17, 15) is 0 Å². The molecule has 0 spiro atoms. The van der Waals surface area contributed by atoms with Crippen LogP contribution in [0.1, 0.15) is 44.9 Å². The minimum atomic E-state index is 0.370. The summed E-state index contributed by atoms with van der Waals surface area (Å²) in [4.78, 5) is 0. The third kappa shape index (κ3) is 1.41. The Bertz CT molecular complexity index is 388. The fourth-order valence-corrected chi connectivity index (χ4v) is 2.62. The molecule has 1 heterocycles. The van der Waals surface area contributed by atoms with E-state index >= 15 is 0 Å². The first-order valence-corrected chi connectivity index (χ1v) is 5.54. The smallest absolute Gasteiger partial charge is 0.194 e. The quantitative estimate of drug-likeness (QED) is 0.725. The first kappa shape index (κ1) is 9.90. The van der Waals surface area contributed by atoms with Crippen LogP contribution in [0, 0.1) is 10.2 Å². The summed E-state index contributed by atoms with van der Waals surface area (Å²) in [5.41, 5.74) is 0.370. The molecule has 0 amide bonds. The van der Waals surface area contributed by atoms with Crippen LogP contribution in [-0.2, 0) is 7.05 Å². The Hall–Kier alpha value is -0.640. The summed E-state index contributed by atoms with van der Waals surface area (Å²) >= 11 is 5.13. The van der Waals surface area contributed by atoms with Crippen molar-refractivity contribution in [2.45, 2.75) is 39.0 Å². The molecule has 4 heteroatoms. The second-order valence-electron chi connectivity index (χ2n) is 4.88. The third-order valence-electron chi connectivity index (χ3n) is 3.48. The van der Waals surface area contributed by atoms with Crippen molar-refractivity contribution in [3.63, 3.8) is 0 Å². The summed E-state index contributed by atoms with van der Waals surface area (Å²) in [6.45, 7) is 4.64. The van der Waals surface area contributed by atoms with Crippen molar-refractivity contribution in [2.75, 3.05) is 0 Å². The highest BCUT2D eigenvalue weighted by molar-refractivity contribution is 7.71. The Balaban J connectivity index is 2.40. The average Bonchev–Trinajstić information content (AvgIpc) is 2.59. The Morgan fingerprint density at radius 3 is 2.71 bits per heavy atom. The number of nitrogens with one attached hydrogen (secondary N) is 1. The highest BCUT2D eigenvalue weighted by atomic mass is 32.1. The molecule has 14 heavy (non-hydrogen) atoms. The summed E-state index contributed by atoms with van der Waals surface area (Å²) < 4.78 is 2.73. The van der Waals surface area contributed by atoms with Gasteiger partial charge in [-0.2, -0.15) is 5.10 Å². The van der Waals surface area contributed by atoms with E-state index in [2.05, 4.69) is 24.0 Å². The number of aromatic amines is 1. The predicted octanol–water partition coefficient (Wildman–Crippen LogP) is 2.77. The zero-order chi connectivity index (χ0) is 10.3. The molecular formula is C10H17N3S. The summed E-state index contributed by atoms with van der Waals surface area (Å²) in [5.74, 6) is 1.68. The van der Waals surface area contributed by atoms with E-state index in [0.717, 1.165) is 10.6 Å². The molecule has 0 aliphatic heterocycles. The van der Waals surface area contributed by atoms with E-state index < -0.39 is 0 Å². The van der Waals surface area contributed by atoms with Gasteiger partial charge >= 0.3 is 0 Å². The number of nitrogens with zero attached hydrogens (tertiary/aromatic N) is 2. The highest BCUT2D eigenvalue weighted by Crippen LogP contribution is 2.47. The third-order valence-corrected chi connectivity index (χ3v) is 3.85. The van der Waals surface area contributed by atoms with E-state index in [0.29, 0.717) is 11.3 Å². The molecule has 3 nitrogen and oxygen atoms in total. The number of hydrogen-bond donors (Lipinski definition) is 1. The molecule has 1 aromatic heterocycles. The topological polar surface area (TPSA) is 33.6 Å². The first-order valence-electron chi connectivity index (χ1n) is 5.13. The van der Waals surface area contributed by atoms with Crippen LogP contribution in [0.15, 0.2) is 0 Å². The molecule has 0 radical (unpaired) electrons. The second-order valence-corrected chi connectivity index (χ2v) is 5.27. The van der Waals surface area contributed by atoms with E-state index in [-0.39, 0.29) is 0 Å². The molecule has 1 saturated carbocycles. The molecule has 0 saturated heterocycles. The minimum Gasteiger partial charge on any atom is -0.307 e. The maximum Gasteiger partial charge on any atom is 0.194 e. The minimum absolute atomic E-state index is 0.370. The van der Waals surface area contributed by atoms with Gasteiger partial charge in [0, 0.05) is 13.0 Å². The monoisotopic (exact) mass is 211 g/mol. The molecule has 1 atom stereocenters. The normalized spacial score (nSPS) is 25.5. The van der Waals surface area contributed by atoms with Gasteiger partial charge in [0.05, 0.1) is 0 Å². The molecular weight excluding hydrogens is 194 g/mol. The SMILES string of the molecule is Cn1c(C2CCCC2(C)C)n[nH]c1=S. The van der Waals surface area contributed by atoms with Crippen LogP contribution in [0.4, 0.5) is 0 Å². The molecule has 78 valence electrons. The van der Waals surface area contributed by atoms with Gasteiger partial charge in [0.1, 0.15) is 5.82 Å². The van der Waals surface area contributed by atoms with Gasteiger partial charge in [0.15, 0.2) is 4.77 Å². The van der Waals surface area contributed by atoms with Crippen molar-refractivity contribution in [2.24, 2.45) is 12.5 Å². The van der Waals surface area contributed by atoms with Crippen molar-refractivity contribution in [3.8, 4) is 0 Å². The molecule has 1 aliphatic rings. The number of hydrogen-bond acceptors (Lipinski definition) is 2. The summed E-state index contributed by atoms with van der Waals surface area (Å²) in [5, 5.41) is 7.21. The van der Waals surface area contributed by atoms with Crippen LogP contribution >= 0.6 is 12.2 Å². The van der Waals surface area contributed by atoms with Crippen LogP contribution in [0.2, 0.25) is 0 Å². The number of rotatable bonds is 1. The molecule has 1 fully saturated rings. The molecule has 1 aliphatic carbocycles. The average molecular weight is 211 g/mol. The van der Waals surface area contributed by atoms with Gasteiger partial charge in [-0.1, -0.05) is 20.3 Å². The van der Waals surface area contributed by atoms with Gasteiger partial charge in [-0.25, -0.2) is 0 Å². The largest absolute Gasteiger partial charge is 0.307 e. The molecule has 1 aromatic rings.